The second-order valence-corrected chi connectivity index (χ2v) is 4.32. The van der Waals surface area contributed by atoms with Gasteiger partial charge in [0.25, 0.3) is 5.91 Å². The van der Waals surface area contributed by atoms with E-state index in [4.69, 9.17) is 16.7 Å². The van der Waals surface area contributed by atoms with E-state index < -0.39 is 17.7 Å². The predicted molar refractivity (Wildman–Crippen MR) is 70.6 cm³/mol. The van der Waals surface area contributed by atoms with Crippen molar-refractivity contribution in [1.29, 1.82) is 0 Å². The normalized spacial score (nSPS) is 10.1. The number of hydrogen-bond donors (Lipinski definition) is 2. The molecule has 1 amide bonds. The molecule has 0 atom stereocenters. The summed E-state index contributed by atoms with van der Waals surface area (Å²) in [7, 11) is 0. The maximum absolute atomic E-state index is 13.0. The van der Waals surface area contributed by atoms with E-state index in [9.17, 15) is 14.0 Å². The quantitative estimate of drug-likeness (QED) is 0.912. The van der Waals surface area contributed by atoms with E-state index in [1.807, 2.05) is 0 Å². The third-order valence-electron chi connectivity index (χ3n) is 2.37. The van der Waals surface area contributed by atoms with E-state index in [1.165, 1.54) is 24.4 Å². The number of amides is 1. The number of hydrogen-bond acceptors (Lipinski definition) is 3. The summed E-state index contributed by atoms with van der Waals surface area (Å²) < 4.78 is 13.0. The van der Waals surface area contributed by atoms with Crippen molar-refractivity contribution in [2.45, 2.75) is 0 Å². The molecular weight excluding hydrogens is 287 g/mol. The first-order valence-corrected chi connectivity index (χ1v) is 5.79. The number of aromatic carboxylic acids is 1. The Morgan fingerprint density at radius 1 is 1.15 bits per heavy atom. The van der Waals surface area contributed by atoms with Gasteiger partial charge in [0.2, 0.25) is 0 Å². The van der Waals surface area contributed by atoms with E-state index in [1.54, 1.807) is 0 Å². The van der Waals surface area contributed by atoms with Gasteiger partial charge in [-0.1, -0.05) is 11.6 Å². The number of nitrogens with zero attached hydrogens (tertiary/aromatic N) is 1. The molecule has 1 heterocycles. The minimum atomic E-state index is -1.17. The van der Waals surface area contributed by atoms with Crippen LogP contribution in [0.1, 0.15) is 20.7 Å². The Bertz CT molecular complexity index is 691. The molecule has 0 fully saturated rings. The smallest absolute Gasteiger partial charge is 0.335 e. The van der Waals surface area contributed by atoms with Crippen molar-refractivity contribution < 1.29 is 19.1 Å². The van der Waals surface area contributed by atoms with Crippen LogP contribution in [-0.4, -0.2) is 22.0 Å². The molecule has 1 aromatic heterocycles. The lowest BCUT2D eigenvalue weighted by Gasteiger charge is -2.07. The van der Waals surface area contributed by atoms with Crippen LogP contribution >= 0.6 is 11.6 Å². The van der Waals surface area contributed by atoms with E-state index in [2.05, 4.69) is 10.3 Å². The van der Waals surface area contributed by atoms with Gasteiger partial charge in [-0.25, -0.2) is 9.18 Å². The van der Waals surface area contributed by atoms with Crippen LogP contribution in [0.4, 0.5) is 10.1 Å². The summed E-state index contributed by atoms with van der Waals surface area (Å²) in [5.41, 5.74) is 0.149. The van der Waals surface area contributed by atoms with E-state index in [0.29, 0.717) is 0 Å². The fourth-order valence-electron chi connectivity index (χ4n) is 1.52. The second kappa shape index (κ2) is 5.66. The number of carboxylic acid groups (broad SMARTS) is 1. The third-order valence-corrected chi connectivity index (χ3v) is 2.59. The van der Waals surface area contributed by atoms with Gasteiger partial charge in [0, 0.05) is 16.9 Å². The zero-order valence-electron chi connectivity index (χ0n) is 9.93. The van der Waals surface area contributed by atoms with Gasteiger partial charge in [-0.05, 0) is 24.3 Å². The van der Waals surface area contributed by atoms with Crippen LogP contribution in [0, 0.1) is 5.82 Å². The molecule has 1 aromatic carbocycles. The first-order chi connectivity index (χ1) is 9.45. The number of benzene rings is 1. The molecule has 2 N–H and O–H groups in total. The molecule has 0 aliphatic heterocycles. The van der Waals surface area contributed by atoms with E-state index in [-0.39, 0.29) is 21.8 Å². The second-order valence-electron chi connectivity index (χ2n) is 3.88. The first-order valence-electron chi connectivity index (χ1n) is 5.41. The number of carbonyl (C=O) groups excluding carboxylic acids is 1. The number of carboxylic acids is 1. The highest BCUT2D eigenvalue weighted by atomic mass is 35.5. The standard InChI is InChI=1S/C13H8ClFN2O3/c14-9-1-7(13(19)20)3-11(4-9)17-12(18)8-2-10(15)6-16-5-8/h1-6H,(H,17,18)(H,19,20). The molecule has 0 spiro atoms. The zero-order valence-corrected chi connectivity index (χ0v) is 10.7. The number of nitrogens with one attached hydrogen (secondary N) is 1. The fourth-order valence-corrected chi connectivity index (χ4v) is 1.76. The van der Waals surface area contributed by atoms with Crippen LogP contribution in [0.3, 0.4) is 0 Å². The predicted octanol–water partition coefficient (Wildman–Crippen LogP) is 2.82. The zero-order chi connectivity index (χ0) is 14.7. The molecule has 5 nitrogen and oxygen atoms in total. The fraction of sp³-hybridized carbons (Fsp3) is 0. The summed E-state index contributed by atoms with van der Waals surface area (Å²) in [4.78, 5) is 26.3. The molecule has 0 aliphatic carbocycles. The van der Waals surface area contributed by atoms with Crippen molar-refractivity contribution in [3.8, 4) is 0 Å². The van der Waals surface area contributed by atoms with E-state index in [0.717, 1.165) is 12.3 Å². The summed E-state index contributed by atoms with van der Waals surface area (Å²) in [5, 5.41) is 11.5. The average Bonchev–Trinajstić information content (AvgIpc) is 2.37. The molecule has 102 valence electrons. The monoisotopic (exact) mass is 294 g/mol. The molecule has 2 rings (SSSR count). The summed E-state index contributed by atoms with van der Waals surface area (Å²) in [6, 6.07) is 4.91. The molecule has 0 unspecified atom stereocenters. The third kappa shape index (κ3) is 3.30. The molecule has 2 aromatic rings. The van der Waals surface area contributed by atoms with Gasteiger partial charge in [-0.2, -0.15) is 0 Å². The largest absolute Gasteiger partial charge is 0.478 e. The summed E-state index contributed by atoms with van der Waals surface area (Å²) >= 11 is 5.76. The number of rotatable bonds is 3. The van der Waals surface area contributed by atoms with Gasteiger partial charge in [0.15, 0.2) is 0 Å². The molecule has 20 heavy (non-hydrogen) atoms. The highest BCUT2D eigenvalue weighted by molar-refractivity contribution is 6.31. The molecule has 7 heteroatoms. The van der Waals surface area contributed by atoms with Crippen LogP contribution in [0.2, 0.25) is 5.02 Å². The van der Waals surface area contributed by atoms with Gasteiger partial charge in [0.05, 0.1) is 17.3 Å². The SMILES string of the molecule is O=C(O)c1cc(Cl)cc(NC(=O)c2cncc(F)c2)c1. The molecule has 0 saturated heterocycles. The number of aromatic nitrogens is 1. The molecule has 0 radical (unpaired) electrons. The Balaban J connectivity index is 2.26. The van der Waals surface area contributed by atoms with Gasteiger partial charge in [0.1, 0.15) is 5.82 Å². The lowest BCUT2D eigenvalue weighted by atomic mass is 10.2. The Labute approximate surface area is 118 Å². The Hall–Kier alpha value is -2.47. The highest BCUT2D eigenvalue weighted by Gasteiger charge is 2.11. The maximum Gasteiger partial charge on any atom is 0.335 e. The lowest BCUT2D eigenvalue weighted by molar-refractivity contribution is 0.0696. The van der Waals surface area contributed by atoms with Crippen molar-refractivity contribution >= 4 is 29.2 Å². The van der Waals surface area contributed by atoms with Crippen molar-refractivity contribution in [2.75, 3.05) is 5.32 Å². The number of pyridine rings is 1. The van der Waals surface area contributed by atoms with Crippen LogP contribution in [-0.2, 0) is 0 Å². The number of halogens is 2. The van der Waals surface area contributed by atoms with Gasteiger partial charge >= 0.3 is 5.97 Å². The number of anilines is 1. The summed E-state index contributed by atoms with van der Waals surface area (Å²) in [5.74, 6) is -2.43. The summed E-state index contributed by atoms with van der Waals surface area (Å²) in [6.45, 7) is 0. The topological polar surface area (TPSA) is 79.3 Å². The van der Waals surface area contributed by atoms with Gasteiger partial charge in [-0.15, -0.1) is 0 Å². The highest BCUT2D eigenvalue weighted by Crippen LogP contribution is 2.20. The minimum Gasteiger partial charge on any atom is -0.478 e. The van der Waals surface area contributed by atoms with Crippen LogP contribution in [0.25, 0.3) is 0 Å². The maximum atomic E-state index is 13.0. The Morgan fingerprint density at radius 2 is 1.90 bits per heavy atom. The van der Waals surface area contributed by atoms with Crippen molar-refractivity contribution in [3.63, 3.8) is 0 Å². The van der Waals surface area contributed by atoms with Crippen molar-refractivity contribution in [3.05, 3.63) is 58.6 Å². The van der Waals surface area contributed by atoms with Crippen LogP contribution in [0.5, 0.6) is 0 Å². The number of carbonyl (C=O) groups is 2. The average molecular weight is 295 g/mol. The molecule has 0 bridgehead atoms. The Morgan fingerprint density at radius 3 is 2.55 bits per heavy atom. The minimum absolute atomic E-state index is 0.0156. The molecule has 0 saturated carbocycles. The first kappa shape index (κ1) is 14.0. The van der Waals surface area contributed by atoms with Gasteiger partial charge in [-0.3, -0.25) is 9.78 Å². The van der Waals surface area contributed by atoms with Gasteiger partial charge < -0.3 is 10.4 Å². The summed E-state index contributed by atoms with van der Waals surface area (Å²) in [6.07, 6.45) is 2.17. The Kier molecular flexibility index (Phi) is 3.95. The van der Waals surface area contributed by atoms with Crippen molar-refractivity contribution in [1.82, 2.24) is 4.98 Å². The molecule has 0 aliphatic rings. The molecular formula is C13H8ClFN2O3. The lowest BCUT2D eigenvalue weighted by Crippen LogP contribution is -2.13. The van der Waals surface area contributed by atoms with Crippen molar-refractivity contribution in [2.24, 2.45) is 0 Å². The van der Waals surface area contributed by atoms with E-state index >= 15 is 0 Å². The van der Waals surface area contributed by atoms with Crippen LogP contribution < -0.4 is 5.32 Å². The van der Waals surface area contributed by atoms with Crippen LogP contribution in [0.15, 0.2) is 36.7 Å².